The molecule has 2 aromatic heterocycles. The molecule has 0 aromatic carbocycles. The molecule has 1 saturated heterocycles. The number of ether oxygens (including phenoxy) is 3. The average molecular weight is 472 g/mol. The lowest BCUT2D eigenvalue weighted by Crippen LogP contribution is -2.68. The Morgan fingerprint density at radius 1 is 1.32 bits per heavy atom. The topological polar surface area (TPSA) is 151 Å². The number of nitrogens with one attached hydrogen (secondary N) is 2. The van der Waals surface area contributed by atoms with Crippen LogP contribution in [0.5, 0.6) is 11.6 Å². The number of aliphatic imine (C=N–C) groups is 1. The van der Waals surface area contributed by atoms with Crippen molar-refractivity contribution < 1.29 is 24.0 Å². The molecule has 0 saturated carbocycles. The molecule has 3 rings (SSSR count). The highest BCUT2D eigenvalue weighted by Crippen LogP contribution is 2.35. The van der Waals surface area contributed by atoms with Gasteiger partial charge in [0.15, 0.2) is 12.2 Å². The Labute approximate surface area is 198 Å². The first-order valence-electron chi connectivity index (χ1n) is 11.0. The van der Waals surface area contributed by atoms with E-state index in [1.54, 1.807) is 11.0 Å². The van der Waals surface area contributed by atoms with E-state index in [4.69, 9.17) is 19.9 Å². The van der Waals surface area contributed by atoms with Gasteiger partial charge in [-0.15, -0.1) is 0 Å². The molecule has 0 radical (unpaired) electrons. The highest BCUT2D eigenvalue weighted by Gasteiger charge is 2.27. The Bertz CT molecular complexity index is 1040. The lowest BCUT2D eigenvalue weighted by Gasteiger charge is -2.31. The predicted octanol–water partition coefficient (Wildman–Crippen LogP) is 1.05. The number of nitrogens with two attached hydrogens (primary N) is 1. The van der Waals surface area contributed by atoms with Gasteiger partial charge in [-0.3, -0.25) is 4.99 Å². The van der Waals surface area contributed by atoms with E-state index in [0.717, 1.165) is 11.4 Å². The van der Waals surface area contributed by atoms with Gasteiger partial charge in [-0.25, -0.2) is 14.8 Å². The Morgan fingerprint density at radius 3 is 2.74 bits per heavy atom. The molecule has 0 aliphatic carbocycles. The van der Waals surface area contributed by atoms with Gasteiger partial charge in [0, 0.05) is 32.0 Å². The van der Waals surface area contributed by atoms with E-state index >= 15 is 0 Å². The lowest BCUT2D eigenvalue weighted by molar-refractivity contribution is -0.298. The number of anilines is 2. The first-order valence-corrected chi connectivity index (χ1v) is 11.0. The van der Waals surface area contributed by atoms with Crippen LogP contribution in [0.15, 0.2) is 23.5 Å². The van der Waals surface area contributed by atoms with Gasteiger partial charge in [0.05, 0.1) is 24.6 Å². The van der Waals surface area contributed by atoms with Crippen LogP contribution in [0.4, 0.5) is 22.1 Å². The zero-order valence-electron chi connectivity index (χ0n) is 19.8. The number of aromatic nitrogens is 3. The standard InChI is InChI=1S/C22H30N8O4/c1-14(2)33-22(31)30-9-7-16(8-10-30)34-21-19(32-4)20(26-13-27-21)29-17-5-6-18(28-15(17)3)25-12-24-11-23/h5-6,11-14,16H,7-10H2,1-4H3,(H,26,27,29)(H2,23,24,25,28)/p+1. The summed E-state index contributed by atoms with van der Waals surface area (Å²) in [6.07, 6.45) is 4.89. The number of carbonyl (C=O) groups excluding carboxylic acids is 1. The minimum absolute atomic E-state index is 0.111. The molecule has 12 nitrogen and oxygen atoms in total. The van der Waals surface area contributed by atoms with Crippen molar-refractivity contribution >= 4 is 36.1 Å². The SMILES string of the molecule is COc1c(Nc2ccc(N=C[NH+]=CN)nc2C)ncnc1OC1CCN(C(=O)OC(C)C)CC1. The molecular formula is C22H31N8O4+. The predicted molar refractivity (Wildman–Crippen MR) is 127 cm³/mol. The van der Waals surface area contributed by atoms with Crippen LogP contribution in [0.25, 0.3) is 0 Å². The van der Waals surface area contributed by atoms with Crippen LogP contribution in [0.2, 0.25) is 0 Å². The molecule has 0 atom stereocenters. The molecule has 1 aliphatic heterocycles. The fourth-order valence-corrected chi connectivity index (χ4v) is 3.33. The summed E-state index contributed by atoms with van der Waals surface area (Å²) in [6.45, 7) is 6.62. The van der Waals surface area contributed by atoms with Crippen molar-refractivity contribution in [1.29, 1.82) is 0 Å². The maximum Gasteiger partial charge on any atom is 0.410 e. The average Bonchev–Trinajstić information content (AvgIpc) is 2.81. The van der Waals surface area contributed by atoms with Crippen LogP contribution in [0.3, 0.4) is 0 Å². The molecule has 34 heavy (non-hydrogen) atoms. The van der Waals surface area contributed by atoms with E-state index in [1.165, 1.54) is 26.1 Å². The normalized spacial score (nSPS) is 14.7. The molecule has 0 spiro atoms. The molecule has 182 valence electrons. The van der Waals surface area contributed by atoms with E-state index in [-0.39, 0.29) is 18.3 Å². The maximum atomic E-state index is 12.1. The largest absolute Gasteiger partial charge is 0.489 e. The number of piperidine rings is 1. The second-order valence-electron chi connectivity index (χ2n) is 7.82. The number of likely N-dealkylation sites (tertiary alicyclic amines) is 1. The molecule has 1 aliphatic rings. The van der Waals surface area contributed by atoms with E-state index in [2.05, 4.69) is 30.3 Å². The lowest BCUT2D eigenvalue weighted by atomic mass is 10.1. The number of aryl methyl sites for hydroxylation is 1. The molecule has 1 fully saturated rings. The summed E-state index contributed by atoms with van der Waals surface area (Å²) in [4.78, 5) is 33.6. The summed E-state index contributed by atoms with van der Waals surface area (Å²) < 4.78 is 16.9. The van der Waals surface area contributed by atoms with E-state index in [9.17, 15) is 4.79 Å². The van der Waals surface area contributed by atoms with Gasteiger partial charge in [-0.1, -0.05) is 4.99 Å². The molecule has 3 heterocycles. The van der Waals surface area contributed by atoms with Crippen LogP contribution in [-0.2, 0) is 4.74 Å². The minimum Gasteiger partial charge on any atom is -0.489 e. The maximum absolute atomic E-state index is 12.1. The molecule has 0 bridgehead atoms. The molecule has 4 N–H and O–H groups in total. The second-order valence-corrected chi connectivity index (χ2v) is 7.82. The molecular weight excluding hydrogens is 440 g/mol. The summed E-state index contributed by atoms with van der Waals surface area (Å²) in [5, 5.41) is 3.22. The van der Waals surface area contributed by atoms with Crippen molar-refractivity contribution in [1.82, 2.24) is 19.9 Å². The van der Waals surface area contributed by atoms with Crippen molar-refractivity contribution in [3.05, 3.63) is 24.2 Å². The fraction of sp³-hybridized carbons (Fsp3) is 0.455. The van der Waals surface area contributed by atoms with E-state index in [1.807, 2.05) is 26.8 Å². The number of pyridine rings is 1. The van der Waals surface area contributed by atoms with Crippen LogP contribution in [0.1, 0.15) is 32.4 Å². The first kappa shape index (κ1) is 24.7. The van der Waals surface area contributed by atoms with Gasteiger partial charge >= 0.3 is 6.09 Å². The monoisotopic (exact) mass is 471 g/mol. The van der Waals surface area contributed by atoms with Crippen molar-refractivity contribution in [2.24, 2.45) is 10.7 Å². The Balaban J connectivity index is 1.67. The molecule has 0 unspecified atom stereocenters. The number of rotatable bonds is 8. The third-order valence-corrected chi connectivity index (χ3v) is 4.98. The highest BCUT2D eigenvalue weighted by atomic mass is 16.6. The van der Waals surface area contributed by atoms with Crippen LogP contribution in [-0.4, -0.2) is 71.0 Å². The molecule has 12 heteroatoms. The summed E-state index contributed by atoms with van der Waals surface area (Å²) >= 11 is 0. The third kappa shape index (κ3) is 6.53. The quantitative estimate of drug-likeness (QED) is 0.379. The number of hydrogen-bond acceptors (Lipinski definition) is 9. The van der Waals surface area contributed by atoms with Crippen LogP contribution in [0, 0.1) is 6.92 Å². The van der Waals surface area contributed by atoms with E-state index < -0.39 is 0 Å². The second kappa shape index (κ2) is 11.8. The number of methoxy groups -OCH3 is 1. The Morgan fingerprint density at radius 2 is 2.09 bits per heavy atom. The van der Waals surface area contributed by atoms with Crippen molar-refractivity contribution in [3.8, 4) is 11.6 Å². The van der Waals surface area contributed by atoms with Gasteiger partial charge in [-0.05, 0) is 26.8 Å². The highest BCUT2D eigenvalue weighted by molar-refractivity contribution is 5.68. The summed E-state index contributed by atoms with van der Waals surface area (Å²) in [7, 11) is 1.53. The summed E-state index contributed by atoms with van der Waals surface area (Å²) in [5.41, 5.74) is 6.70. The third-order valence-electron chi connectivity index (χ3n) is 4.98. The van der Waals surface area contributed by atoms with Gasteiger partial charge in [-0.2, -0.15) is 4.98 Å². The number of hydrogen-bond donors (Lipinski definition) is 3. The van der Waals surface area contributed by atoms with Gasteiger partial charge in [0.2, 0.25) is 17.9 Å². The zero-order valence-corrected chi connectivity index (χ0v) is 19.8. The first-order chi connectivity index (χ1) is 16.4. The summed E-state index contributed by atoms with van der Waals surface area (Å²) in [5.74, 6) is 1.69. The van der Waals surface area contributed by atoms with Crippen molar-refractivity contribution in [2.75, 3.05) is 25.5 Å². The minimum atomic E-state index is -0.297. The van der Waals surface area contributed by atoms with Gasteiger partial charge in [0.25, 0.3) is 5.88 Å². The van der Waals surface area contributed by atoms with Gasteiger partial charge in [0.1, 0.15) is 12.4 Å². The van der Waals surface area contributed by atoms with Gasteiger partial charge < -0.3 is 30.2 Å². The number of amides is 1. The Hall–Kier alpha value is -3.96. The van der Waals surface area contributed by atoms with E-state index in [0.29, 0.717) is 49.2 Å². The van der Waals surface area contributed by atoms with Crippen molar-refractivity contribution in [3.63, 3.8) is 0 Å². The molecule has 1 amide bonds. The van der Waals surface area contributed by atoms with Crippen LogP contribution < -0.4 is 25.5 Å². The van der Waals surface area contributed by atoms with Crippen molar-refractivity contribution in [2.45, 2.75) is 45.8 Å². The zero-order chi connectivity index (χ0) is 24.5. The fourth-order valence-electron chi connectivity index (χ4n) is 3.33. The number of nitrogens with zero attached hydrogens (tertiary/aromatic N) is 5. The number of carbonyl (C=O) groups is 1. The van der Waals surface area contributed by atoms with Crippen LogP contribution >= 0.6 is 0 Å². The summed E-state index contributed by atoms with van der Waals surface area (Å²) in [6, 6.07) is 3.60. The Kier molecular flexibility index (Phi) is 8.54. The smallest absolute Gasteiger partial charge is 0.410 e. The molecule has 2 aromatic rings.